The van der Waals surface area contributed by atoms with Gasteiger partial charge in [0.15, 0.2) is 0 Å². The Morgan fingerprint density at radius 3 is 2.40 bits per heavy atom. The molecule has 2 aromatic rings. The van der Waals surface area contributed by atoms with E-state index in [1.54, 1.807) is 6.07 Å². The van der Waals surface area contributed by atoms with Gasteiger partial charge in [0, 0.05) is 0 Å². The summed E-state index contributed by atoms with van der Waals surface area (Å²) in [5.74, 6) is -0.378. The van der Waals surface area contributed by atoms with Crippen molar-refractivity contribution in [3.63, 3.8) is 0 Å². The Bertz CT molecular complexity index is 566. The molecule has 106 valence electrons. The first-order valence-corrected chi connectivity index (χ1v) is 7.31. The monoisotopic (exact) mass is 291 g/mol. The standard InChI is InChI=1S/C17H19ClFN/c1-3-12-8-10-13(11-9-12)17(20-4-2)14-6-5-7-15(19)16(14)18/h5-11,17,20H,3-4H2,1-2H3. The van der Waals surface area contributed by atoms with Crippen LogP contribution in [-0.2, 0) is 6.42 Å². The minimum Gasteiger partial charge on any atom is -0.306 e. The highest BCUT2D eigenvalue weighted by atomic mass is 35.5. The van der Waals surface area contributed by atoms with E-state index in [2.05, 4.69) is 36.5 Å². The number of halogens is 2. The first-order chi connectivity index (χ1) is 9.67. The van der Waals surface area contributed by atoms with Crippen LogP contribution in [0.5, 0.6) is 0 Å². The summed E-state index contributed by atoms with van der Waals surface area (Å²) in [5, 5.41) is 3.56. The normalized spacial score (nSPS) is 12.4. The van der Waals surface area contributed by atoms with Gasteiger partial charge in [0.25, 0.3) is 0 Å². The zero-order chi connectivity index (χ0) is 14.5. The van der Waals surface area contributed by atoms with Crippen LogP contribution in [0.1, 0.15) is 36.6 Å². The number of nitrogens with one attached hydrogen (secondary N) is 1. The van der Waals surface area contributed by atoms with Crippen molar-refractivity contribution in [2.45, 2.75) is 26.3 Å². The molecule has 0 aliphatic carbocycles. The molecule has 1 N–H and O–H groups in total. The molecule has 0 fully saturated rings. The predicted octanol–water partition coefficient (Wildman–Crippen LogP) is 4.74. The van der Waals surface area contributed by atoms with E-state index in [-0.39, 0.29) is 16.9 Å². The quantitative estimate of drug-likeness (QED) is 0.839. The number of aryl methyl sites for hydroxylation is 1. The summed E-state index contributed by atoms with van der Waals surface area (Å²) in [6, 6.07) is 13.2. The Hall–Kier alpha value is -1.38. The van der Waals surface area contributed by atoms with Gasteiger partial charge < -0.3 is 5.32 Å². The smallest absolute Gasteiger partial charge is 0.142 e. The van der Waals surface area contributed by atoms with Crippen molar-refractivity contribution in [1.82, 2.24) is 5.32 Å². The molecule has 0 saturated carbocycles. The van der Waals surface area contributed by atoms with Gasteiger partial charge in [-0.1, -0.05) is 61.8 Å². The molecule has 1 nitrogen and oxygen atoms in total. The molecule has 20 heavy (non-hydrogen) atoms. The molecule has 0 aliphatic heterocycles. The fraction of sp³-hybridized carbons (Fsp3) is 0.294. The van der Waals surface area contributed by atoms with Gasteiger partial charge >= 0.3 is 0 Å². The van der Waals surface area contributed by atoms with E-state index in [1.165, 1.54) is 11.6 Å². The lowest BCUT2D eigenvalue weighted by atomic mass is 9.97. The minimum absolute atomic E-state index is 0.0888. The fourth-order valence-electron chi connectivity index (χ4n) is 2.30. The van der Waals surface area contributed by atoms with Crippen LogP contribution in [0.2, 0.25) is 5.02 Å². The largest absolute Gasteiger partial charge is 0.306 e. The van der Waals surface area contributed by atoms with Crippen molar-refractivity contribution < 1.29 is 4.39 Å². The molecule has 0 aliphatic rings. The summed E-state index contributed by atoms with van der Waals surface area (Å²) in [4.78, 5) is 0. The van der Waals surface area contributed by atoms with E-state index >= 15 is 0 Å². The first-order valence-electron chi connectivity index (χ1n) is 6.93. The highest BCUT2D eigenvalue weighted by Crippen LogP contribution is 2.30. The molecule has 0 heterocycles. The summed E-state index contributed by atoms with van der Waals surface area (Å²) in [6.07, 6.45) is 1.01. The molecule has 0 spiro atoms. The van der Waals surface area contributed by atoms with Gasteiger partial charge in [0.2, 0.25) is 0 Å². The van der Waals surface area contributed by atoms with E-state index in [1.807, 2.05) is 13.0 Å². The molecule has 0 aromatic heterocycles. The van der Waals surface area contributed by atoms with E-state index in [0.29, 0.717) is 0 Å². The molecular formula is C17H19ClFN. The lowest BCUT2D eigenvalue weighted by Crippen LogP contribution is -2.22. The van der Waals surface area contributed by atoms with Crippen molar-refractivity contribution in [3.8, 4) is 0 Å². The van der Waals surface area contributed by atoms with Crippen molar-refractivity contribution in [2.75, 3.05) is 6.54 Å². The molecule has 0 bridgehead atoms. The van der Waals surface area contributed by atoms with Gasteiger partial charge in [-0.3, -0.25) is 0 Å². The fourth-order valence-corrected chi connectivity index (χ4v) is 2.54. The maximum atomic E-state index is 13.7. The van der Waals surface area contributed by atoms with Crippen LogP contribution in [0.4, 0.5) is 4.39 Å². The summed E-state index contributed by atoms with van der Waals surface area (Å²) in [6.45, 7) is 4.94. The number of hydrogen-bond acceptors (Lipinski definition) is 1. The lowest BCUT2D eigenvalue weighted by Gasteiger charge is -2.20. The zero-order valence-electron chi connectivity index (χ0n) is 11.8. The second-order valence-electron chi connectivity index (χ2n) is 4.73. The van der Waals surface area contributed by atoms with E-state index in [9.17, 15) is 4.39 Å². The van der Waals surface area contributed by atoms with Crippen LogP contribution in [0.15, 0.2) is 42.5 Å². The van der Waals surface area contributed by atoms with Gasteiger partial charge in [0.05, 0.1) is 11.1 Å². The second kappa shape index (κ2) is 6.87. The second-order valence-corrected chi connectivity index (χ2v) is 5.11. The molecule has 0 radical (unpaired) electrons. The predicted molar refractivity (Wildman–Crippen MR) is 82.7 cm³/mol. The summed E-state index contributed by atoms with van der Waals surface area (Å²) < 4.78 is 13.7. The average Bonchev–Trinajstić information content (AvgIpc) is 2.48. The van der Waals surface area contributed by atoms with Crippen molar-refractivity contribution in [3.05, 3.63) is 70.0 Å². The van der Waals surface area contributed by atoms with Gasteiger partial charge in [-0.2, -0.15) is 0 Å². The van der Waals surface area contributed by atoms with Gasteiger partial charge in [-0.25, -0.2) is 4.39 Å². The Balaban J connectivity index is 2.41. The summed E-state index contributed by atoms with van der Waals surface area (Å²) >= 11 is 6.12. The summed E-state index contributed by atoms with van der Waals surface area (Å²) in [7, 11) is 0. The third-order valence-electron chi connectivity index (χ3n) is 3.42. The van der Waals surface area contributed by atoms with Crippen LogP contribution in [0.25, 0.3) is 0 Å². The van der Waals surface area contributed by atoms with Crippen molar-refractivity contribution >= 4 is 11.6 Å². The maximum absolute atomic E-state index is 13.7. The lowest BCUT2D eigenvalue weighted by molar-refractivity contribution is 0.603. The Kier molecular flexibility index (Phi) is 5.16. The molecule has 0 saturated heterocycles. The minimum atomic E-state index is -0.378. The zero-order valence-corrected chi connectivity index (χ0v) is 12.5. The van der Waals surface area contributed by atoms with E-state index < -0.39 is 0 Å². The van der Waals surface area contributed by atoms with Crippen LogP contribution in [0.3, 0.4) is 0 Å². The number of hydrogen-bond donors (Lipinski definition) is 1. The van der Waals surface area contributed by atoms with Crippen LogP contribution in [-0.4, -0.2) is 6.54 Å². The van der Waals surface area contributed by atoms with E-state index in [0.717, 1.165) is 24.1 Å². The number of rotatable bonds is 5. The van der Waals surface area contributed by atoms with Crippen LogP contribution in [0, 0.1) is 5.82 Å². The summed E-state index contributed by atoms with van der Waals surface area (Å²) in [5.41, 5.74) is 3.16. The highest BCUT2D eigenvalue weighted by molar-refractivity contribution is 6.31. The van der Waals surface area contributed by atoms with Gasteiger partial charge in [0.1, 0.15) is 5.82 Å². The third kappa shape index (κ3) is 3.20. The molecule has 1 atom stereocenters. The highest BCUT2D eigenvalue weighted by Gasteiger charge is 2.17. The van der Waals surface area contributed by atoms with E-state index in [4.69, 9.17) is 11.6 Å². The third-order valence-corrected chi connectivity index (χ3v) is 3.82. The van der Waals surface area contributed by atoms with Crippen LogP contribution < -0.4 is 5.32 Å². The van der Waals surface area contributed by atoms with Crippen molar-refractivity contribution in [2.24, 2.45) is 0 Å². The first kappa shape index (κ1) is 15.0. The number of benzene rings is 2. The topological polar surface area (TPSA) is 12.0 Å². The van der Waals surface area contributed by atoms with Crippen LogP contribution >= 0.6 is 11.6 Å². The Labute approximate surface area is 124 Å². The average molecular weight is 292 g/mol. The molecular weight excluding hydrogens is 273 g/mol. The van der Waals surface area contributed by atoms with Gasteiger partial charge in [-0.05, 0) is 35.7 Å². The molecule has 3 heteroatoms. The molecule has 1 unspecified atom stereocenters. The molecule has 2 rings (SSSR count). The molecule has 2 aromatic carbocycles. The molecule has 0 amide bonds. The SMILES string of the molecule is CCNC(c1ccc(CC)cc1)c1cccc(F)c1Cl. The van der Waals surface area contributed by atoms with Crippen molar-refractivity contribution in [1.29, 1.82) is 0 Å². The Morgan fingerprint density at radius 2 is 1.80 bits per heavy atom. The maximum Gasteiger partial charge on any atom is 0.142 e. The van der Waals surface area contributed by atoms with Gasteiger partial charge in [-0.15, -0.1) is 0 Å². The Morgan fingerprint density at radius 1 is 1.10 bits per heavy atom.